The summed E-state index contributed by atoms with van der Waals surface area (Å²) in [7, 11) is 0. The van der Waals surface area contributed by atoms with Gasteiger partial charge in [-0.3, -0.25) is 0 Å². The van der Waals surface area contributed by atoms with Gasteiger partial charge in [0.25, 0.3) is 0 Å². The lowest BCUT2D eigenvalue weighted by Gasteiger charge is -2.11. The number of benzene rings is 7. The molecule has 236 valence electrons. The Kier molecular flexibility index (Phi) is 5.32. The van der Waals surface area contributed by atoms with Crippen LogP contribution in [0.4, 0.5) is 0 Å². The number of nitrogens with zero attached hydrogens (tertiary/aromatic N) is 4. The molecule has 12 rings (SSSR count). The average Bonchev–Trinajstić information content (AvgIpc) is 3.97. The standard InChI is InChI=1S/C45H24N4OS/c1-4-16-35-31(13-1)41(32-15-8-14-30-29-12-3-6-18-39(29)51-44(30)32)48-45(47-35)27-10-7-9-25(21-27)26-19-20-38-34(22-26)40-42-33(23-36-43(40)50-24-46-36)28-11-2-5-17-37(28)49(38)42/h1-24H. The molecule has 0 fully saturated rings. The Morgan fingerprint density at radius 2 is 1.29 bits per heavy atom. The Morgan fingerprint density at radius 3 is 2.25 bits per heavy atom. The Morgan fingerprint density at radius 1 is 0.529 bits per heavy atom. The molecule has 0 N–H and O–H groups in total. The number of fused-ring (bicyclic) bond motifs is 12. The molecule has 0 unspecified atom stereocenters. The minimum atomic E-state index is 0.709. The van der Waals surface area contributed by atoms with Crippen molar-refractivity contribution in [3.63, 3.8) is 0 Å². The molecule has 0 aliphatic carbocycles. The number of aromatic nitrogens is 4. The van der Waals surface area contributed by atoms with Crippen molar-refractivity contribution in [1.29, 1.82) is 0 Å². The van der Waals surface area contributed by atoms with E-state index in [1.165, 1.54) is 42.0 Å². The number of hydrogen-bond donors (Lipinski definition) is 0. The van der Waals surface area contributed by atoms with E-state index in [4.69, 9.17) is 14.4 Å². The molecule has 51 heavy (non-hydrogen) atoms. The quantitative estimate of drug-likeness (QED) is 0.188. The highest BCUT2D eigenvalue weighted by Crippen LogP contribution is 2.45. The molecule has 0 saturated heterocycles. The van der Waals surface area contributed by atoms with E-state index in [9.17, 15) is 0 Å². The average molecular weight is 669 g/mol. The number of hydrogen-bond acceptors (Lipinski definition) is 5. The molecular weight excluding hydrogens is 645 g/mol. The molecule has 0 atom stereocenters. The highest BCUT2D eigenvalue weighted by Gasteiger charge is 2.22. The van der Waals surface area contributed by atoms with Crippen LogP contribution in [0.1, 0.15) is 0 Å². The zero-order chi connectivity index (χ0) is 33.2. The maximum atomic E-state index is 6.04. The van der Waals surface area contributed by atoms with E-state index < -0.39 is 0 Å². The van der Waals surface area contributed by atoms with E-state index in [0.717, 1.165) is 66.2 Å². The summed E-state index contributed by atoms with van der Waals surface area (Å²) in [5.41, 5.74) is 11.4. The molecule has 0 radical (unpaired) electrons. The van der Waals surface area contributed by atoms with Gasteiger partial charge in [0.05, 0.1) is 33.1 Å². The zero-order valence-electron chi connectivity index (χ0n) is 27.0. The van der Waals surface area contributed by atoms with Gasteiger partial charge in [-0.2, -0.15) is 0 Å². The molecule has 0 aliphatic rings. The first-order valence-corrected chi connectivity index (χ1v) is 17.8. The number of oxazole rings is 1. The first-order chi connectivity index (χ1) is 25.3. The van der Waals surface area contributed by atoms with Crippen molar-refractivity contribution >= 4 is 91.6 Å². The van der Waals surface area contributed by atoms with Gasteiger partial charge in [-0.25, -0.2) is 15.0 Å². The van der Waals surface area contributed by atoms with E-state index in [-0.39, 0.29) is 0 Å². The van der Waals surface area contributed by atoms with Crippen LogP contribution in [0.2, 0.25) is 0 Å². The maximum Gasteiger partial charge on any atom is 0.182 e. The Hall–Kier alpha value is -6.63. The SMILES string of the molecule is c1cc(-c2ccc3c(c2)c2c4ocnc4cc4c5ccccc5n3c42)cc(-c2nc(-c3cccc4c3sc3ccccc34)c3ccccc3n2)c1. The van der Waals surface area contributed by atoms with Gasteiger partial charge in [0.15, 0.2) is 17.8 Å². The summed E-state index contributed by atoms with van der Waals surface area (Å²) in [5.74, 6) is 0.709. The summed E-state index contributed by atoms with van der Waals surface area (Å²) in [6, 6.07) is 49.6. The fourth-order valence-corrected chi connectivity index (χ4v) is 9.46. The van der Waals surface area contributed by atoms with E-state index >= 15 is 0 Å². The van der Waals surface area contributed by atoms with Gasteiger partial charge >= 0.3 is 0 Å². The Bertz CT molecular complexity index is 3390. The van der Waals surface area contributed by atoms with E-state index in [1.54, 1.807) is 6.39 Å². The van der Waals surface area contributed by atoms with Crippen LogP contribution >= 0.6 is 11.3 Å². The minimum Gasteiger partial charge on any atom is -0.443 e. The maximum absolute atomic E-state index is 6.04. The molecule has 12 aromatic rings. The van der Waals surface area contributed by atoms with Gasteiger partial charge < -0.3 is 8.82 Å². The van der Waals surface area contributed by atoms with Gasteiger partial charge in [0.2, 0.25) is 0 Å². The molecule has 0 saturated carbocycles. The van der Waals surface area contributed by atoms with Crippen LogP contribution in [0.15, 0.2) is 150 Å². The van der Waals surface area contributed by atoms with E-state index in [1.807, 2.05) is 11.3 Å². The fourth-order valence-electron chi connectivity index (χ4n) is 8.24. The van der Waals surface area contributed by atoms with E-state index in [2.05, 4.69) is 149 Å². The van der Waals surface area contributed by atoms with Gasteiger partial charge in [-0.1, -0.05) is 97.1 Å². The van der Waals surface area contributed by atoms with Crippen LogP contribution in [0, 0.1) is 0 Å². The first-order valence-electron chi connectivity index (χ1n) is 17.0. The molecule has 7 aromatic carbocycles. The van der Waals surface area contributed by atoms with Crippen molar-refractivity contribution < 1.29 is 4.42 Å². The summed E-state index contributed by atoms with van der Waals surface area (Å²) < 4.78 is 10.9. The van der Waals surface area contributed by atoms with Gasteiger partial charge in [0, 0.05) is 52.8 Å². The monoisotopic (exact) mass is 668 g/mol. The van der Waals surface area contributed by atoms with Gasteiger partial charge in [-0.15, -0.1) is 11.3 Å². The van der Waals surface area contributed by atoms with Crippen LogP contribution in [0.5, 0.6) is 0 Å². The lowest BCUT2D eigenvalue weighted by molar-refractivity contribution is 0.605. The number of para-hydroxylation sites is 2. The van der Waals surface area contributed by atoms with E-state index in [0.29, 0.717) is 5.82 Å². The molecule has 5 aromatic heterocycles. The van der Waals surface area contributed by atoms with Crippen molar-refractivity contribution in [2.45, 2.75) is 0 Å². The first kappa shape index (κ1) is 27.2. The second-order valence-corrected chi connectivity index (χ2v) is 14.3. The second kappa shape index (κ2) is 9.97. The Labute approximate surface area is 294 Å². The fraction of sp³-hybridized carbons (Fsp3) is 0. The number of rotatable bonds is 3. The highest BCUT2D eigenvalue weighted by atomic mass is 32.1. The molecule has 5 nitrogen and oxygen atoms in total. The molecule has 0 spiro atoms. The molecule has 6 heteroatoms. The van der Waals surface area contributed by atoms with Gasteiger partial charge in [0.1, 0.15) is 5.52 Å². The van der Waals surface area contributed by atoms with Crippen LogP contribution in [-0.4, -0.2) is 19.4 Å². The van der Waals surface area contributed by atoms with Crippen molar-refractivity contribution in [2.24, 2.45) is 0 Å². The smallest absolute Gasteiger partial charge is 0.182 e. The largest absolute Gasteiger partial charge is 0.443 e. The van der Waals surface area contributed by atoms with Crippen LogP contribution in [0.25, 0.3) is 114 Å². The minimum absolute atomic E-state index is 0.709. The lowest BCUT2D eigenvalue weighted by Crippen LogP contribution is -1.95. The van der Waals surface area contributed by atoms with Crippen molar-refractivity contribution in [2.75, 3.05) is 0 Å². The lowest BCUT2D eigenvalue weighted by atomic mass is 9.99. The third kappa shape index (κ3) is 3.71. The van der Waals surface area contributed by atoms with Crippen LogP contribution in [0.3, 0.4) is 0 Å². The van der Waals surface area contributed by atoms with Crippen LogP contribution in [-0.2, 0) is 0 Å². The third-order valence-corrected chi connectivity index (χ3v) is 11.7. The predicted octanol–water partition coefficient (Wildman–Crippen LogP) is 12.3. The molecular formula is C45H24N4OS. The van der Waals surface area contributed by atoms with Crippen molar-refractivity contribution in [3.8, 4) is 33.8 Å². The summed E-state index contributed by atoms with van der Waals surface area (Å²) in [4.78, 5) is 15.0. The highest BCUT2D eigenvalue weighted by molar-refractivity contribution is 7.26. The summed E-state index contributed by atoms with van der Waals surface area (Å²) in [5, 5.41) is 8.24. The summed E-state index contributed by atoms with van der Waals surface area (Å²) in [6.07, 6.45) is 1.55. The van der Waals surface area contributed by atoms with Crippen molar-refractivity contribution in [3.05, 3.63) is 146 Å². The van der Waals surface area contributed by atoms with Crippen LogP contribution < -0.4 is 0 Å². The molecule has 0 bridgehead atoms. The van der Waals surface area contributed by atoms with Gasteiger partial charge in [-0.05, 0) is 53.6 Å². The topological polar surface area (TPSA) is 56.2 Å². The predicted molar refractivity (Wildman–Crippen MR) is 211 cm³/mol. The number of thiophene rings is 1. The molecule has 5 heterocycles. The summed E-state index contributed by atoms with van der Waals surface area (Å²) >= 11 is 1.83. The third-order valence-electron chi connectivity index (χ3n) is 10.5. The summed E-state index contributed by atoms with van der Waals surface area (Å²) in [6.45, 7) is 0. The van der Waals surface area contributed by atoms with Crippen molar-refractivity contribution in [1.82, 2.24) is 19.4 Å². The normalized spacial score (nSPS) is 12.3. The second-order valence-electron chi connectivity index (χ2n) is 13.2. The zero-order valence-corrected chi connectivity index (χ0v) is 27.8. The Balaban J connectivity index is 1.06. The molecule has 0 amide bonds. The molecule has 0 aliphatic heterocycles.